The van der Waals surface area contributed by atoms with Crippen molar-refractivity contribution in [2.45, 2.75) is 6.92 Å². The minimum Gasteiger partial charge on any atom is -0.305 e. The third-order valence-electron chi connectivity index (χ3n) is 2.95. The highest BCUT2D eigenvalue weighted by atomic mass is 35.5. The molecule has 0 aromatic carbocycles. The number of fused-ring (bicyclic) bond motifs is 1. The van der Waals surface area contributed by atoms with E-state index >= 15 is 0 Å². The molecule has 0 atom stereocenters. The monoisotopic (exact) mass is 304 g/mol. The standard InChI is InChI=1S/C14H10ClFN4O/c1-8-13(20-5-4-9(15)6-12(20)18-8)14(21)19-11-3-2-10(16)7-17-11/h2-7H,1H3,(H,17,19,21). The van der Waals surface area contributed by atoms with Gasteiger partial charge >= 0.3 is 0 Å². The van der Waals surface area contributed by atoms with Crippen LogP contribution in [0.2, 0.25) is 5.02 Å². The molecule has 0 bridgehead atoms. The van der Waals surface area contributed by atoms with Gasteiger partial charge in [-0.1, -0.05) is 11.6 Å². The topological polar surface area (TPSA) is 59.3 Å². The van der Waals surface area contributed by atoms with E-state index < -0.39 is 5.82 Å². The first-order chi connectivity index (χ1) is 10.0. The van der Waals surface area contributed by atoms with Crippen LogP contribution < -0.4 is 5.32 Å². The number of amides is 1. The molecule has 21 heavy (non-hydrogen) atoms. The van der Waals surface area contributed by atoms with Gasteiger partial charge in [-0.3, -0.25) is 9.20 Å². The lowest BCUT2D eigenvalue weighted by atomic mass is 10.3. The van der Waals surface area contributed by atoms with Crippen LogP contribution in [0, 0.1) is 12.7 Å². The molecule has 1 N–H and O–H groups in total. The molecule has 3 aromatic heterocycles. The van der Waals surface area contributed by atoms with Crippen molar-refractivity contribution >= 4 is 29.0 Å². The molecular formula is C14H10ClFN4O. The lowest BCUT2D eigenvalue weighted by molar-refractivity contribution is 0.102. The number of rotatable bonds is 2. The number of pyridine rings is 2. The largest absolute Gasteiger partial charge is 0.305 e. The maximum atomic E-state index is 12.8. The Hall–Kier alpha value is -2.47. The van der Waals surface area contributed by atoms with Gasteiger partial charge in [-0.25, -0.2) is 14.4 Å². The van der Waals surface area contributed by atoms with Gasteiger partial charge in [0.2, 0.25) is 0 Å². The van der Waals surface area contributed by atoms with Crippen molar-refractivity contribution in [1.82, 2.24) is 14.4 Å². The molecule has 0 saturated heterocycles. The summed E-state index contributed by atoms with van der Waals surface area (Å²) in [6.45, 7) is 1.73. The van der Waals surface area contributed by atoms with E-state index in [2.05, 4.69) is 15.3 Å². The van der Waals surface area contributed by atoms with Crippen molar-refractivity contribution < 1.29 is 9.18 Å². The summed E-state index contributed by atoms with van der Waals surface area (Å²) < 4.78 is 14.4. The van der Waals surface area contributed by atoms with Crippen LogP contribution >= 0.6 is 11.6 Å². The number of carbonyl (C=O) groups is 1. The van der Waals surface area contributed by atoms with E-state index in [1.807, 2.05) is 0 Å². The summed E-state index contributed by atoms with van der Waals surface area (Å²) in [6.07, 6.45) is 2.71. The molecule has 0 saturated carbocycles. The maximum Gasteiger partial charge on any atom is 0.275 e. The number of nitrogens with one attached hydrogen (secondary N) is 1. The Labute approximate surface area is 124 Å². The van der Waals surface area contributed by atoms with Crippen LogP contribution in [0.4, 0.5) is 10.2 Å². The van der Waals surface area contributed by atoms with E-state index in [-0.39, 0.29) is 11.7 Å². The minimum atomic E-state index is -0.464. The Bertz CT molecular complexity index is 829. The Balaban J connectivity index is 1.97. The molecule has 0 unspecified atom stereocenters. The van der Waals surface area contributed by atoms with Crippen LogP contribution in [0.1, 0.15) is 16.2 Å². The summed E-state index contributed by atoms with van der Waals surface area (Å²) >= 11 is 5.91. The van der Waals surface area contributed by atoms with Crippen LogP contribution in [0.15, 0.2) is 36.7 Å². The van der Waals surface area contributed by atoms with Crippen molar-refractivity contribution in [3.63, 3.8) is 0 Å². The molecular weight excluding hydrogens is 295 g/mol. The Morgan fingerprint density at radius 3 is 2.90 bits per heavy atom. The van der Waals surface area contributed by atoms with E-state index in [1.165, 1.54) is 12.1 Å². The molecule has 0 spiro atoms. The molecule has 5 nitrogen and oxygen atoms in total. The molecule has 1 amide bonds. The fourth-order valence-corrected chi connectivity index (χ4v) is 2.19. The third-order valence-corrected chi connectivity index (χ3v) is 3.18. The van der Waals surface area contributed by atoms with Gasteiger partial charge in [0, 0.05) is 17.3 Å². The molecule has 106 valence electrons. The zero-order valence-electron chi connectivity index (χ0n) is 11.0. The Morgan fingerprint density at radius 1 is 1.38 bits per heavy atom. The number of anilines is 1. The van der Waals surface area contributed by atoms with Gasteiger partial charge in [0.25, 0.3) is 5.91 Å². The van der Waals surface area contributed by atoms with Crippen LogP contribution in [-0.4, -0.2) is 20.3 Å². The average Bonchev–Trinajstić information content (AvgIpc) is 2.76. The normalized spacial score (nSPS) is 10.8. The van der Waals surface area contributed by atoms with Crippen molar-refractivity contribution in [2.24, 2.45) is 0 Å². The lowest BCUT2D eigenvalue weighted by Gasteiger charge is -2.05. The quantitative estimate of drug-likeness (QED) is 0.791. The fraction of sp³-hybridized carbons (Fsp3) is 0.0714. The summed E-state index contributed by atoms with van der Waals surface area (Å²) in [5, 5.41) is 3.15. The SMILES string of the molecule is Cc1nc2cc(Cl)ccn2c1C(=O)Nc1ccc(F)cn1. The highest BCUT2D eigenvalue weighted by Gasteiger charge is 2.17. The highest BCUT2D eigenvalue weighted by molar-refractivity contribution is 6.30. The Morgan fingerprint density at radius 2 is 2.19 bits per heavy atom. The molecule has 0 fully saturated rings. The smallest absolute Gasteiger partial charge is 0.275 e. The summed E-state index contributed by atoms with van der Waals surface area (Å²) in [5.74, 6) is -0.570. The van der Waals surface area contributed by atoms with E-state index in [0.717, 1.165) is 6.20 Å². The van der Waals surface area contributed by atoms with Gasteiger partial charge in [-0.15, -0.1) is 0 Å². The first kappa shape index (κ1) is 13.5. The molecule has 0 radical (unpaired) electrons. The first-order valence-corrected chi connectivity index (χ1v) is 6.49. The molecule has 3 rings (SSSR count). The van der Waals surface area contributed by atoms with Crippen LogP contribution in [-0.2, 0) is 0 Å². The summed E-state index contributed by atoms with van der Waals surface area (Å²) in [5.41, 5.74) is 1.53. The van der Waals surface area contributed by atoms with Gasteiger partial charge < -0.3 is 5.32 Å². The Kier molecular flexibility index (Phi) is 3.31. The van der Waals surface area contributed by atoms with E-state index in [0.29, 0.717) is 22.1 Å². The van der Waals surface area contributed by atoms with Crippen molar-refractivity contribution in [2.75, 3.05) is 5.32 Å². The van der Waals surface area contributed by atoms with Crippen LogP contribution in [0.3, 0.4) is 0 Å². The zero-order valence-corrected chi connectivity index (χ0v) is 11.7. The molecule has 0 aliphatic rings. The second kappa shape index (κ2) is 5.14. The lowest BCUT2D eigenvalue weighted by Crippen LogP contribution is -2.16. The summed E-state index contributed by atoms with van der Waals surface area (Å²) in [6, 6.07) is 5.95. The highest BCUT2D eigenvalue weighted by Crippen LogP contribution is 2.17. The van der Waals surface area contributed by atoms with E-state index in [9.17, 15) is 9.18 Å². The molecule has 0 aliphatic heterocycles. The van der Waals surface area contributed by atoms with Gasteiger partial charge in [-0.05, 0) is 25.1 Å². The maximum absolute atomic E-state index is 12.8. The zero-order chi connectivity index (χ0) is 15.0. The second-order valence-corrected chi connectivity index (χ2v) is 4.87. The van der Waals surface area contributed by atoms with Gasteiger partial charge in [0.05, 0.1) is 11.9 Å². The van der Waals surface area contributed by atoms with E-state index in [1.54, 1.807) is 29.7 Å². The number of hydrogen-bond donors (Lipinski definition) is 1. The number of halogens is 2. The van der Waals surface area contributed by atoms with Gasteiger partial charge in [0.15, 0.2) is 0 Å². The number of carbonyl (C=O) groups excluding carboxylic acids is 1. The van der Waals surface area contributed by atoms with Gasteiger partial charge in [-0.2, -0.15) is 0 Å². The minimum absolute atomic E-state index is 0.268. The average molecular weight is 305 g/mol. The predicted octanol–water partition coefficient (Wildman–Crippen LogP) is 3.08. The molecule has 7 heteroatoms. The van der Waals surface area contributed by atoms with Crippen molar-refractivity contribution in [3.05, 3.63) is 58.9 Å². The number of aromatic nitrogens is 3. The fourth-order valence-electron chi connectivity index (χ4n) is 2.04. The van der Waals surface area contributed by atoms with E-state index in [4.69, 9.17) is 11.6 Å². The second-order valence-electron chi connectivity index (χ2n) is 4.43. The number of aryl methyl sites for hydroxylation is 1. The summed E-state index contributed by atoms with van der Waals surface area (Å²) in [7, 11) is 0. The van der Waals surface area contributed by atoms with Crippen LogP contribution in [0.5, 0.6) is 0 Å². The number of hydrogen-bond acceptors (Lipinski definition) is 3. The summed E-state index contributed by atoms with van der Waals surface area (Å²) in [4.78, 5) is 20.4. The predicted molar refractivity (Wildman–Crippen MR) is 77.1 cm³/mol. The third kappa shape index (κ3) is 2.57. The van der Waals surface area contributed by atoms with Gasteiger partial charge in [0.1, 0.15) is 23.0 Å². The van der Waals surface area contributed by atoms with Crippen molar-refractivity contribution in [1.29, 1.82) is 0 Å². The first-order valence-electron chi connectivity index (χ1n) is 6.12. The van der Waals surface area contributed by atoms with Crippen LogP contribution in [0.25, 0.3) is 5.65 Å². The number of nitrogens with zero attached hydrogens (tertiary/aromatic N) is 3. The molecule has 0 aliphatic carbocycles. The number of imidazole rings is 1. The molecule has 3 heterocycles. The molecule has 3 aromatic rings. The van der Waals surface area contributed by atoms with Crippen molar-refractivity contribution in [3.8, 4) is 0 Å².